The van der Waals surface area contributed by atoms with E-state index in [0.29, 0.717) is 16.5 Å². The monoisotopic (exact) mass is 786 g/mol. The number of amides is 4. The van der Waals surface area contributed by atoms with E-state index in [2.05, 4.69) is 31.2 Å². The molecule has 14 heteroatoms. The minimum Gasteiger partial charge on any atom is -0.394 e. The van der Waals surface area contributed by atoms with Gasteiger partial charge in [0.2, 0.25) is 17.7 Å². The predicted octanol–water partition coefficient (Wildman–Crippen LogP) is 2.02. The molecule has 4 amide bonds. The van der Waals surface area contributed by atoms with Gasteiger partial charge < -0.3 is 46.6 Å². The van der Waals surface area contributed by atoms with Crippen LogP contribution in [0.1, 0.15) is 34.1 Å². The number of aromatic nitrogens is 2. The van der Waals surface area contributed by atoms with Crippen LogP contribution in [-0.4, -0.2) is 91.9 Å². The molecule has 0 aliphatic carbocycles. The van der Waals surface area contributed by atoms with E-state index in [1.165, 1.54) is 13.0 Å². The molecule has 6 aromatic rings. The summed E-state index contributed by atoms with van der Waals surface area (Å²) in [4.78, 5) is 72.3. The van der Waals surface area contributed by atoms with Gasteiger partial charge >= 0.3 is 0 Å². The van der Waals surface area contributed by atoms with Gasteiger partial charge in [-0.25, -0.2) is 0 Å². The second-order valence-electron chi connectivity index (χ2n) is 14.2. The third kappa shape index (κ3) is 10.2. The van der Waals surface area contributed by atoms with Gasteiger partial charge in [-0.15, -0.1) is 0 Å². The SMILES string of the molecule is CC(=O)N[C@@H](Cc1c[nH]c2ccccc12)C(=O)N[C@@H](CO)C(=O)N[C@@H](Cc1ccccc1)[C@H](O)[C@@H](O)[C@H](Cc1ccccc1)NC(=O)c1cc(=O)c2ccccc2[nH]1. The summed E-state index contributed by atoms with van der Waals surface area (Å²) in [6.45, 7) is 0.437. The molecule has 4 aromatic carbocycles. The molecular weight excluding hydrogens is 741 g/mol. The number of para-hydroxylation sites is 2. The average Bonchev–Trinajstić information content (AvgIpc) is 3.64. The number of rotatable bonds is 17. The van der Waals surface area contributed by atoms with Gasteiger partial charge in [-0.05, 0) is 47.7 Å². The van der Waals surface area contributed by atoms with Gasteiger partial charge in [-0.2, -0.15) is 0 Å². The van der Waals surface area contributed by atoms with Crippen LogP contribution in [-0.2, 0) is 33.6 Å². The molecule has 14 nitrogen and oxygen atoms in total. The van der Waals surface area contributed by atoms with Crippen molar-refractivity contribution < 1.29 is 34.5 Å². The van der Waals surface area contributed by atoms with Crippen LogP contribution in [0.15, 0.2) is 126 Å². The predicted molar refractivity (Wildman–Crippen MR) is 219 cm³/mol. The Morgan fingerprint density at radius 3 is 1.76 bits per heavy atom. The number of nitrogens with one attached hydrogen (secondary N) is 6. The molecule has 9 N–H and O–H groups in total. The lowest BCUT2D eigenvalue weighted by molar-refractivity contribution is -0.133. The second kappa shape index (κ2) is 19.0. The highest BCUT2D eigenvalue weighted by Crippen LogP contribution is 2.20. The Balaban J connectivity index is 1.23. The molecule has 2 heterocycles. The van der Waals surface area contributed by atoms with E-state index < -0.39 is 66.6 Å². The fraction of sp³-hybridized carbons (Fsp3) is 0.250. The first-order valence-corrected chi connectivity index (χ1v) is 18.9. The molecule has 2 aromatic heterocycles. The molecular formula is C44H46N6O8. The van der Waals surface area contributed by atoms with Crippen molar-refractivity contribution in [3.63, 3.8) is 0 Å². The molecule has 300 valence electrons. The number of aliphatic hydroxyl groups excluding tert-OH is 3. The first kappa shape index (κ1) is 41.0. The minimum atomic E-state index is -1.71. The lowest BCUT2D eigenvalue weighted by atomic mass is 9.90. The Morgan fingerprint density at radius 2 is 1.16 bits per heavy atom. The van der Waals surface area contributed by atoms with E-state index in [1.807, 2.05) is 30.3 Å². The van der Waals surface area contributed by atoms with Gasteiger partial charge in [-0.3, -0.25) is 24.0 Å². The van der Waals surface area contributed by atoms with Crippen LogP contribution in [0.3, 0.4) is 0 Å². The normalized spacial score (nSPS) is 14.4. The van der Waals surface area contributed by atoms with Crippen LogP contribution in [0.4, 0.5) is 0 Å². The molecule has 0 aliphatic rings. The minimum absolute atomic E-state index is 0.00990. The fourth-order valence-electron chi connectivity index (χ4n) is 7.02. The first-order valence-electron chi connectivity index (χ1n) is 18.9. The van der Waals surface area contributed by atoms with Gasteiger partial charge in [0.15, 0.2) is 5.43 Å². The number of carbonyl (C=O) groups excluding carboxylic acids is 4. The van der Waals surface area contributed by atoms with Crippen molar-refractivity contribution >= 4 is 45.4 Å². The molecule has 0 fully saturated rings. The number of aliphatic hydroxyl groups is 3. The molecule has 0 unspecified atom stereocenters. The third-order valence-corrected chi connectivity index (χ3v) is 10.0. The molecule has 6 atom stereocenters. The molecule has 58 heavy (non-hydrogen) atoms. The summed E-state index contributed by atoms with van der Waals surface area (Å²) in [5.41, 5.74) is 3.01. The van der Waals surface area contributed by atoms with Crippen molar-refractivity contribution in [2.45, 2.75) is 62.6 Å². The molecule has 0 saturated carbocycles. The van der Waals surface area contributed by atoms with E-state index in [4.69, 9.17) is 0 Å². The number of fused-ring (bicyclic) bond motifs is 2. The summed E-state index contributed by atoms with van der Waals surface area (Å²) in [5, 5.41) is 46.0. The first-order chi connectivity index (χ1) is 28.0. The van der Waals surface area contributed by atoms with Gasteiger partial charge in [-0.1, -0.05) is 91.0 Å². The third-order valence-electron chi connectivity index (χ3n) is 10.0. The summed E-state index contributed by atoms with van der Waals surface area (Å²) in [7, 11) is 0. The zero-order valence-electron chi connectivity index (χ0n) is 31.7. The maximum atomic E-state index is 13.9. The van der Waals surface area contributed by atoms with Crippen LogP contribution in [0.5, 0.6) is 0 Å². The average molecular weight is 787 g/mol. The lowest BCUT2D eigenvalue weighted by Gasteiger charge is -2.34. The smallest absolute Gasteiger partial charge is 0.268 e. The van der Waals surface area contributed by atoms with E-state index in [1.54, 1.807) is 85.1 Å². The Bertz CT molecular complexity index is 2420. The highest BCUT2D eigenvalue weighted by Gasteiger charge is 2.36. The number of carbonyl (C=O) groups is 4. The molecule has 0 saturated heterocycles. The zero-order valence-corrected chi connectivity index (χ0v) is 31.7. The van der Waals surface area contributed by atoms with Crippen molar-refractivity contribution in [1.82, 2.24) is 31.2 Å². The topological polar surface area (TPSA) is 226 Å². The quantitative estimate of drug-likeness (QED) is 0.0664. The van der Waals surface area contributed by atoms with E-state index in [0.717, 1.165) is 22.0 Å². The summed E-state index contributed by atoms with van der Waals surface area (Å²) in [6, 6.07) is 28.2. The number of benzene rings is 4. The van der Waals surface area contributed by atoms with E-state index >= 15 is 0 Å². The van der Waals surface area contributed by atoms with Crippen LogP contribution >= 0.6 is 0 Å². The summed E-state index contributed by atoms with van der Waals surface area (Å²) in [5.74, 6) is -2.78. The van der Waals surface area contributed by atoms with Gasteiger partial charge in [0.25, 0.3) is 5.91 Å². The Kier molecular flexibility index (Phi) is 13.5. The van der Waals surface area contributed by atoms with Gasteiger partial charge in [0.1, 0.15) is 30.0 Å². The molecule has 6 rings (SSSR count). The van der Waals surface area contributed by atoms with Crippen molar-refractivity contribution in [3.05, 3.63) is 154 Å². The Morgan fingerprint density at radius 1 is 0.621 bits per heavy atom. The molecule has 0 spiro atoms. The lowest BCUT2D eigenvalue weighted by Crippen LogP contribution is -2.61. The van der Waals surface area contributed by atoms with Gasteiger partial charge in [0, 0.05) is 47.4 Å². The van der Waals surface area contributed by atoms with Crippen molar-refractivity contribution in [1.29, 1.82) is 0 Å². The van der Waals surface area contributed by atoms with Crippen molar-refractivity contribution in [2.75, 3.05) is 6.61 Å². The van der Waals surface area contributed by atoms with Crippen molar-refractivity contribution in [3.8, 4) is 0 Å². The van der Waals surface area contributed by atoms with Crippen LogP contribution < -0.4 is 26.7 Å². The number of hydrogen-bond donors (Lipinski definition) is 9. The number of aromatic amines is 2. The van der Waals surface area contributed by atoms with Crippen molar-refractivity contribution in [2.24, 2.45) is 0 Å². The molecule has 0 radical (unpaired) electrons. The van der Waals surface area contributed by atoms with E-state index in [-0.39, 0.29) is 30.4 Å². The second-order valence-corrected chi connectivity index (χ2v) is 14.2. The maximum absolute atomic E-state index is 13.9. The maximum Gasteiger partial charge on any atom is 0.268 e. The highest BCUT2D eigenvalue weighted by molar-refractivity contribution is 5.95. The number of H-pyrrole nitrogens is 2. The highest BCUT2D eigenvalue weighted by atomic mass is 16.3. The zero-order chi connectivity index (χ0) is 41.2. The standard InChI is InChI=1S/C44H46N6O8/c1-26(52)46-36(22-29-24-45-32-18-10-8-16-30(29)32)42(56)50-38(25-51)44(58)49-35(21-28-14-6-3-7-15-28)41(55)40(54)34(20-27-12-4-2-5-13-27)48-43(57)37-23-39(53)31-17-9-11-19-33(31)47-37/h2-19,23-24,34-36,38,40-41,45,51,54-55H,20-22,25H2,1H3,(H,46,52)(H,47,53)(H,48,57)(H,49,58)(H,50,56)/t34-,35-,36-,38-,40-,41-/m0/s1. The fourth-order valence-corrected chi connectivity index (χ4v) is 7.02. The van der Waals surface area contributed by atoms with Crippen LogP contribution in [0.25, 0.3) is 21.8 Å². The summed E-state index contributed by atoms with van der Waals surface area (Å²) in [6.07, 6.45) is -1.51. The summed E-state index contributed by atoms with van der Waals surface area (Å²) >= 11 is 0. The molecule has 0 bridgehead atoms. The van der Waals surface area contributed by atoms with Crippen LogP contribution in [0, 0.1) is 0 Å². The number of pyridine rings is 1. The summed E-state index contributed by atoms with van der Waals surface area (Å²) < 4.78 is 0. The molecule has 0 aliphatic heterocycles. The van der Waals surface area contributed by atoms with E-state index in [9.17, 15) is 39.3 Å². The van der Waals surface area contributed by atoms with Crippen LogP contribution in [0.2, 0.25) is 0 Å². The largest absolute Gasteiger partial charge is 0.394 e. The Hall–Kier alpha value is -6.61. The number of hydrogen-bond acceptors (Lipinski definition) is 8. The van der Waals surface area contributed by atoms with Gasteiger partial charge in [0.05, 0.1) is 18.7 Å². The Labute approximate surface area is 333 Å².